The maximum absolute atomic E-state index is 10.8. The molecule has 1 aliphatic rings. The van der Waals surface area contributed by atoms with Crippen molar-refractivity contribution in [3.8, 4) is 6.07 Å². The van der Waals surface area contributed by atoms with Gasteiger partial charge in [0.1, 0.15) is 0 Å². The summed E-state index contributed by atoms with van der Waals surface area (Å²) in [7, 11) is 0. The molecule has 1 unspecified atom stereocenters. The van der Waals surface area contributed by atoms with E-state index >= 15 is 0 Å². The number of nitro groups is 1. The molecule has 21 heavy (non-hydrogen) atoms. The number of piperazine rings is 1. The van der Waals surface area contributed by atoms with E-state index in [1.54, 1.807) is 12.1 Å². The van der Waals surface area contributed by atoms with Gasteiger partial charge in [-0.1, -0.05) is 6.92 Å². The van der Waals surface area contributed by atoms with E-state index in [9.17, 15) is 10.1 Å². The van der Waals surface area contributed by atoms with Crippen molar-refractivity contribution in [1.82, 2.24) is 4.90 Å². The predicted molar refractivity (Wildman–Crippen MR) is 89.3 cm³/mol. The highest BCUT2D eigenvalue weighted by Crippen LogP contribution is 2.28. The van der Waals surface area contributed by atoms with Crippen molar-refractivity contribution in [2.75, 3.05) is 31.1 Å². The lowest BCUT2D eigenvalue weighted by Crippen LogP contribution is -2.50. The Labute approximate surface area is 137 Å². The average Bonchev–Trinajstić information content (AvgIpc) is 2.49. The summed E-state index contributed by atoms with van der Waals surface area (Å²) in [6.07, 6.45) is 0.839. The number of rotatable bonds is 4. The van der Waals surface area contributed by atoms with Gasteiger partial charge in [-0.15, -0.1) is 0 Å². The minimum atomic E-state index is -0.372. The molecule has 6 nitrogen and oxygen atoms in total. The lowest BCUT2D eigenvalue weighted by atomic mass is 10.1. The van der Waals surface area contributed by atoms with Crippen molar-refractivity contribution in [3.05, 3.63) is 31.9 Å². The molecule has 1 atom stereocenters. The van der Waals surface area contributed by atoms with Gasteiger partial charge in [0.2, 0.25) is 0 Å². The lowest BCUT2D eigenvalue weighted by Gasteiger charge is -2.38. The van der Waals surface area contributed by atoms with E-state index in [2.05, 4.69) is 38.5 Å². The summed E-state index contributed by atoms with van der Waals surface area (Å²) >= 11 is 2.14. The van der Waals surface area contributed by atoms with Crippen molar-refractivity contribution in [3.63, 3.8) is 0 Å². The van der Waals surface area contributed by atoms with E-state index in [-0.39, 0.29) is 16.7 Å². The Hall–Kier alpha value is -1.40. The summed E-state index contributed by atoms with van der Waals surface area (Å²) in [4.78, 5) is 14.8. The molecule has 7 heteroatoms. The first-order valence-corrected chi connectivity index (χ1v) is 7.97. The van der Waals surface area contributed by atoms with E-state index in [4.69, 9.17) is 5.26 Å². The molecule has 0 N–H and O–H groups in total. The number of halogens is 1. The van der Waals surface area contributed by atoms with Gasteiger partial charge < -0.3 is 4.90 Å². The van der Waals surface area contributed by atoms with Crippen molar-refractivity contribution in [2.24, 2.45) is 0 Å². The smallest absolute Gasteiger partial charge is 0.270 e. The van der Waals surface area contributed by atoms with Gasteiger partial charge in [-0.3, -0.25) is 15.0 Å². The fraction of sp³-hybridized carbons (Fsp3) is 0.500. The highest BCUT2D eigenvalue weighted by Gasteiger charge is 2.24. The molecule has 0 saturated carbocycles. The second-order valence-corrected chi connectivity index (χ2v) is 6.13. The largest absolute Gasteiger partial charge is 0.368 e. The van der Waals surface area contributed by atoms with E-state index in [1.165, 1.54) is 0 Å². The topological polar surface area (TPSA) is 73.4 Å². The first-order valence-electron chi connectivity index (χ1n) is 6.89. The highest BCUT2D eigenvalue weighted by atomic mass is 127. The van der Waals surface area contributed by atoms with Crippen LogP contribution in [0.1, 0.15) is 13.3 Å². The highest BCUT2D eigenvalue weighted by molar-refractivity contribution is 14.1. The van der Waals surface area contributed by atoms with Crippen LogP contribution >= 0.6 is 22.6 Å². The van der Waals surface area contributed by atoms with Crippen LogP contribution in [-0.2, 0) is 0 Å². The van der Waals surface area contributed by atoms with Crippen LogP contribution in [0.15, 0.2) is 18.2 Å². The number of nitrogens with zero attached hydrogens (tertiary/aromatic N) is 4. The van der Waals surface area contributed by atoms with Gasteiger partial charge >= 0.3 is 0 Å². The molecule has 0 aromatic heterocycles. The van der Waals surface area contributed by atoms with Crippen LogP contribution < -0.4 is 4.90 Å². The number of anilines is 1. The maximum Gasteiger partial charge on any atom is 0.270 e. The molecule has 0 radical (unpaired) electrons. The Morgan fingerprint density at radius 3 is 2.57 bits per heavy atom. The second-order valence-electron chi connectivity index (χ2n) is 4.97. The van der Waals surface area contributed by atoms with Gasteiger partial charge in [0.25, 0.3) is 5.69 Å². The van der Waals surface area contributed by atoms with E-state index < -0.39 is 0 Å². The van der Waals surface area contributed by atoms with Crippen LogP contribution in [0.5, 0.6) is 0 Å². The fourth-order valence-corrected chi connectivity index (χ4v) is 3.41. The minimum Gasteiger partial charge on any atom is -0.368 e. The third-order valence-electron chi connectivity index (χ3n) is 3.77. The quantitative estimate of drug-likeness (QED) is 0.442. The van der Waals surface area contributed by atoms with E-state index in [1.807, 2.05) is 13.0 Å². The van der Waals surface area contributed by atoms with Crippen LogP contribution in [0.4, 0.5) is 11.4 Å². The summed E-state index contributed by atoms with van der Waals surface area (Å²) in [5, 5.41) is 19.9. The molecule has 112 valence electrons. The molecule has 0 amide bonds. The van der Waals surface area contributed by atoms with Gasteiger partial charge in [-0.2, -0.15) is 5.26 Å². The molecule has 0 bridgehead atoms. The molecular weight excluding hydrogens is 383 g/mol. The van der Waals surface area contributed by atoms with Crippen molar-refractivity contribution in [1.29, 1.82) is 5.26 Å². The summed E-state index contributed by atoms with van der Waals surface area (Å²) in [6, 6.07) is 7.30. The van der Waals surface area contributed by atoms with Gasteiger partial charge in [-0.25, -0.2) is 0 Å². The van der Waals surface area contributed by atoms with Gasteiger partial charge in [0.15, 0.2) is 0 Å². The standard InChI is InChI=1S/C14H17IN4O2/c1-2-11(10-16)17-5-7-18(8-6-17)14-4-3-12(19(20)21)9-13(14)15/h3-4,9,11H,2,5-8H2,1H3. The summed E-state index contributed by atoms with van der Waals surface area (Å²) in [6.45, 7) is 5.40. The van der Waals surface area contributed by atoms with Gasteiger partial charge in [0, 0.05) is 41.9 Å². The van der Waals surface area contributed by atoms with Crippen LogP contribution in [0.3, 0.4) is 0 Å². The average molecular weight is 400 g/mol. The zero-order chi connectivity index (χ0) is 15.4. The normalized spacial score (nSPS) is 17.3. The third-order valence-corrected chi connectivity index (χ3v) is 4.64. The zero-order valence-corrected chi connectivity index (χ0v) is 14.0. The van der Waals surface area contributed by atoms with Crippen LogP contribution in [0, 0.1) is 25.0 Å². The fourth-order valence-electron chi connectivity index (χ4n) is 2.57. The number of nitro benzene ring substituents is 1. The van der Waals surface area contributed by atoms with Gasteiger partial charge in [-0.05, 0) is 35.1 Å². The molecular formula is C14H17IN4O2. The SMILES string of the molecule is CCC(C#N)N1CCN(c2ccc([N+](=O)[O-])cc2I)CC1. The number of benzene rings is 1. The molecule has 1 heterocycles. The first kappa shape index (κ1) is 16.0. The summed E-state index contributed by atoms with van der Waals surface area (Å²) < 4.78 is 0.891. The first-order chi connectivity index (χ1) is 10.1. The van der Waals surface area contributed by atoms with Crippen LogP contribution in [-0.4, -0.2) is 42.0 Å². The molecule has 0 spiro atoms. The Morgan fingerprint density at radius 1 is 1.43 bits per heavy atom. The predicted octanol–water partition coefficient (Wildman–Crippen LogP) is 2.62. The maximum atomic E-state index is 10.8. The van der Waals surface area contributed by atoms with Crippen molar-refractivity contribution >= 4 is 34.0 Å². The van der Waals surface area contributed by atoms with Crippen molar-refractivity contribution < 1.29 is 4.92 Å². The molecule has 0 aliphatic carbocycles. The number of non-ortho nitro benzene ring substituents is 1. The molecule has 1 aromatic rings. The number of nitriles is 1. The summed E-state index contributed by atoms with van der Waals surface area (Å²) in [5.41, 5.74) is 1.16. The zero-order valence-electron chi connectivity index (χ0n) is 11.8. The van der Waals surface area contributed by atoms with Crippen LogP contribution in [0.25, 0.3) is 0 Å². The Kier molecular flexibility index (Phi) is 5.36. The van der Waals surface area contributed by atoms with E-state index in [0.29, 0.717) is 0 Å². The second kappa shape index (κ2) is 7.04. The number of hydrogen-bond donors (Lipinski definition) is 0. The minimum absolute atomic E-state index is 0.0110. The summed E-state index contributed by atoms with van der Waals surface area (Å²) in [5.74, 6) is 0. The van der Waals surface area contributed by atoms with Crippen LogP contribution in [0.2, 0.25) is 0 Å². The van der Waals surface area contributed by atoms with Crippen molar-refractivity contribution in [2.45, 2.75) is 19.4 Å². The molecule has 1 fully saturated rings. The Morgan fingerprint density at radius 2 is 2.10 bits per heavy atom. The molecule has 1 saturated heterocycles. The molecule has 2 rings (SSSR count). The Balaban J connectivity index is 2.06. The monoisotopic (exact) mass is 400 g/mol. The number of hydrogen-bond acceptors (Lipinski definition) is 5. The Bertz CT molecular complexity index is 565. The van der Waals surface area contributed by atoms with Gasteiger partial charge in [0.05, 0.1) is 22.7 Å². The van der Waals surface area contributed by atoms with E-state index in [0.717, 1.165) is 41.9 Å². The lowest BCUT2D eigenvalue weighted by molar-refractivity contribution is -0.384. The third kappa shape index (κ3) is 3.63. The molecule has 1 aromatic carbocycles. The molecule has 1 aliphatic heterocycles.